The Labute approximate surface area is 187 Å². The number of hydrogen-bond donors (Lipinski definition) is 0. The lowest BCUT2D eigenvalue weighted by Gasteiger charge is -2.30. The molecule has 0 radical (unpaired) electrons. The maximum Gasteiger partial charge on any atom is 0.406 e. The Morgan fingerprint density at radius 1 is 1.16 bits per heavy atom. The van der Waals surface area contributed by atoms with Crippen molar-refractivity contribution in [3.63, 3.8) is 0 Å². The number of carbonyl (C=O) groups excluding carboxylic acids is 1. The van der Waals surface area contributed by atoms with Gasteiger partial charge in [0.1, 0.15) is 6.54 Å². The van der Waals surface area contributed by atoms with Crippen LogP contribution < -0.4 is 5.56 Å². The van der Waals surface area contributed by atoms with Crippen LogP contribution >= 0.6 is 11.8 Å². The largest absolute Gasteiger partial charge is 0.406 e. The van der Waals surface area contributed by atoms with Crippen LogP contribution in [0.2, 0.25) is 0 Å². The predicted octanol–water partition coefficient (Wildman–Crippen LogP) is 4.67. The van der Waals surface area contributed by atoms with Gasteiger partial charge < -0.3 is 4.90 Å². The zero-order chi connectivity index (χ0) is 22.9. The van der Waals surface area contributed by atoms with Crippen LogP contribution in [0.25, 0.3) is 16.6 Å². The van der Waals surface area contributed by atoms with Gasteiger partial charge in [0.25, 0.3) is 5.56 Å². The van der Waals surface area contributed by atoms with Crippen LogP contribution in [0.4, 0.5) is 13.2 Å². The van der Waals surface area contributed by atoms with E-state index in [1.165, 1.54) is 4.57 Å². The van der Waals surface area contributed by atoms with Gasteiger partial charge in [-0.3, -0.25) is 14.2 Å². The van der Waals surface area contributed by atoms with Crippen molar-refractivity contribution < 1.29 is 18.0 Å². The topological polar surface area (TPSA) is 55.2 Å². The van der Waals surface area contributed by atoms with Crippen LogP contribution in [0.1, 0.15) is 19.8 Å². The molecule has 1 aliphatic rings. The molecular formula is C23H22F3N3O2S. The van der Waals surface area contributed by atoms with Gasteiger partial charge in [0.05, 0.1) is 22.3 Å². The molecule has 1 amide bonds. The lowest BCUT2D eigenvalue weighted by Crippen LogP contribution is -2.46. The van der Waals surface area contributed by atoms with Gasteiger partial charge in [-0.25, -0.2) is 4.98 Å². The summed E-state index contributed by atoms with van der Waals surface area (Å²) < 4.78 is 40.8. The van der Waals surface area contributed by atoms with E-state index in [0.29, 0.717) is 16.6 Å². The van der Waals surface area contributed by atoms with E-state index in [4.69, 9.17) is 0 Å². The van der Waals surface area contributed by atoms with Gasteiger partial charge in [-0.15, -0.1) is 0 Å². The molecule has 0 saturated heterocycles. The molecule has 1 heterocycles. The molecule has 1 aromatic heterocycles. The second-order valence-corrected chi connectivity index (χ2v) is 8.83. The number of halogens is 3. The number of rotatable bonds is 7. The molecule has 1 fully saturated rings. The molecule has 1 saturated carbocycles. The Morgan fingerprint density at radius 3 is 2.47 bits per heavy atom. The Morgan fingerprint density at radius 2 is 1.81 bits per heavy atom. The number of nitrogens with zero attached hydrogens (tertiary/aromatic N) is 3. The number of fused-ring (bicyclic) bond motifs is 1. The van der Waals surface area contributed by atoms with Crippen molar-refractivity contribution in [1.29, 1.82) is 0 Å². The highest BCUT2D eigenvalue weighted by Crippen LogP contribution is 2.36. The SMILES string of the molecule is CC(C1CC1)N(CC(F)(F)F)C(=O)CSc1nc2ccccc2c(=O)n1-c1ccccc1. The second-order valence-electron chi connectivity index (χ2n) is 7.89. The summed E-state index contributed by atoms with van der Waals surface area (Å²) in [6.45, 7) is 0.390. The average molecular weight is 462 g/mol. The first-order chi connectivity index (χ1) is 15.2. The third-order valence-electron chi connectivity index (χ3n) is 5.55. The Kier molecular flexibility index (Phi) is 6.28. The number of alkyl halides is 3. The number of benzene rings is 2. The molecule has 0 spiro atoms. The van der Waals surface area contributed by atoms with Crippen molar-refractivity contribution in [3.8, 4) is 5.69 Å². The molecule has 1 unspecified atom stereocenters. The fraction of sp³-hybridized carbons (Fsp3) is 0.348. The average Bonchev–Trinajstić information content (AvgIpc) is 3.61. The zero-order valence-corrected chi connectivity index (χ0v) is 18.2. The van der Waals surface area contributed by atoms with E-state index in [1.807, 2.05) is 6.07 Å². The summed E-state index contributed by atoms with van der Waals surface area (Å²) in [5.74, 6) is -0.758. The standard InChI is InChI=1S/C23H22F3N3O2S/c1-15(16-11-12-16)28(14-23(24,25)26)20(30)13-32-22-27-19-10-6-5-9-18(19)21(31)29(22)17-7-3-2-4-8-17/h2-10,15-16H,11-14H2,1H3. The minimum atomic E-state index is -4.48. The summed E-state index contributed by atoms with van der Waals surface area (Å²) in [5.41, 5.74) is 0.748. The van der Waals surface area contributed by atoms with Gasteiger partial charge in [0.15, 0.2) is 5.16 Å². The summed E-state index contributed by atoms with van der Waals surface area (Å²) in [4.78, 5) is 31.5. The highest BCUT2D eigenvalue weighted by molar-refractivity contribution is 7.99. The van der Waals surface area contributed by atoms with Crippen LogP contribution in [0, 0.1) is 5.92 Å². The van der Waals surface area contributed by atoms with Gasteiger partial charge in [-0.1, -0.05) is 42.1 Å². The first-order valence-corrected chi connectivity index (χ1v) is 11.3. The summed E-state index contributed by atoms with van der Waals surface area (Å²) in [5, 5.41) is 0.687. The number of hydrogen-bond acceptors (Lipinski definition) is 4. The summed E-state index contributed by atoms with van der Waals surface area (Å²) in [6.07, 6.45) is -2.82. The number of carbonyl (C=O) groups is 1. The Bertz CT molecular complexity index is 1180. The molecule has 1 atom stereocenters. The van der Waals surface area contributed by atoms with Crippen LogP contribution in [-0.2, 0) is 4.79 Å². The predicted molar refractivity (Wildman–Crippen MR) is 118 cm³/mol. The van der Waals surface area contributed by atoms with Crippen molar-refractivity contribution in [1.82, 2.24) is 14.5 Å². The second kappa shape index (κ2) is 8.97. The first-order valence-electron chi connectivity index (χ1n) is 10.3. The van der Waals surface area contributed by atoms with Gasteiger partial charge in [0.2, 0.25) is 5.91 Å². The highest BCUT2D eigenvalue weighted by Gasteiger charge is 2.40. The molecule has 5 nitrogen and oxygen atoms in total. The molecule has 32 heavy (non-hydrogen) atoms. The molecule has 2 aromatic carbocycles. The zero-order valence-electron chi connectivity index (χ0n) is 17.4. The van der Waals surface area contributed by atoms with E-state index in [-0.39, 0.29) is 22.4 Å². The number of thioether (sulfide) groups is 1. The van der Waals surface area contributed by atoms with E-state index < -0.39 is 24.7 Å². The van der Waals surface area contributed by atoms with Gasteiger partial charge in [-0.05, 0) is 49.9 Å². The summed E-state index contributed by atoms with van der Waals surface area (Å²) in [6, 6.07) is 15.2. The number of aromatic nitrogens is 2. The van der Waals surface area contributed by atoms with Crippen LogP contribution in [0.5, 0.6) is 0 Å². The molecule has 3 aromatic rings. The minimum absolute atomic E-state index is 0.104. The van der Waals surface area contributed by atoms with Crippen molar-refractivity contribution >= 4 is 28.6 Å². The molecule has 0 aliphatic heterocycles. The molecule has 0 N–H and O–H groups in total. The normalized spacial score (nSPS) is 15.0. The first kappa shape index (κ1) is 22.4. The van der Waals surface area contributed by atoms with Gasteiger partial charge >= 0.3 is 6.18 Å². The maximum atomic E-state index is 13.2. The van der Waals surface area contributed by atoms with E-state index >= 15 is 0 Å². The van der Waals surface area contributed by atoms with Gasteiger partial charge in [-0.2, -0.15) is 13.2 Å². The van der Waals surface area contributed by atoms with Crippen molar-refractivity contribution in [2.45, 2.75) is 37.1 Å². The Hall–Kier alpha value is -2.81. The monoisotopic (exact) mass is 461 g/mol. The molecule has 9 heteroatoms. The van der Waals surface area contributed by atoms with E-state index in [9.17, 15) is 22.8 Å². The summed E-state index contributed by atoms with van der Waals surface area (Å²) in [7, 11) is 0. The third-order valence-corrected chi connectivity index (χ3v) is 6.47. The van der Waals surface area contributed by atoms with Crippen molar-refractivity contribution in [3.05, 3.63) is 65.0 Å². The fourth-order valence-corrected chi connectivity index (χ4v) is 4.61. The quantitative estimate of drug-likeness (QED) is 0.379. The minimum Gasteiger partial charge on any atom is -0.330 e. The third kappa shape index (κ3) is 4.98. The van der Waals surface area contributed by atoms with E-state index in [0.717, 1.165) is 29.5 Å². The lowest BCUT2D eigenvalue weighted by atomic mass is 10.2. The fourth-order valence-electron chi connectivity index (χ4n) is 3.71. The number of amides is 1. The van der Waals surface area contributed by atoms with Crippen LogP contribution in [-0.4, -0.2) is 44.9 Å². The summed E-state index contributed by atoms with van der Waals surface area (Å²) >= 11 is 0.976. The smallest absolute Gasteiger partial charge is 0.330 e. The van der Waals surface area contributed by atoms with E-state index in [2.05, 4.69) is 4.98 Å². The lowest BCUT2D eigenvalue weighted by molar-refractivity contribution is -0.164. The highest BCUT2D eigenvalue weighted by atomic mass is 32.2. The number of para-hydroxylation sites is 2. The molecule has 4 rings (SSSR count). The molecular weight excluding hydrogens is 439 g/mol. The van der Waals surface area contributed by atoms with Crippen LogP contribution in [0.15, 0.2) is 64.5 Å². The molecule has 168 valence electrons. The van der Waals surface area contributed by atoms with Crippen LogP contribution in [0.3, 0.4) is 0 Å². The van der Waals surface area contributed by atoms with Crippen molar-refractivity contribution in [2.75, 3.05) is 12.3 Å². The molecule has 1 aliphatic carbocycles. The maximum absolute atomic E-state index is 13.2. The Balaban J connectivity index is 1.66. The van der Waals surface area contributed by atoms with Crippen molar-refractivity contribution in [2.24, 2.45) is 5.92 Å². The van der Waals surface area contributed by atoms with Gasteiger partial charge in [0, 0.05) is 6.04 Å². The van der Waals surface area contributed by atoms with E-state index in [1.54, 1.807) is 55.5 Å². The molecule has 0 bridgehead atoms.